The summed E-state index contributed by atoms with van der Waals surface area (Å²) in [6.45, 7) is -0.00365. The average Bonchev–Trinajstić information content (AvgIpc) is 2.60. The minimum absolute atomic E-state index is 0.0135. The molecular formula is C16H15ClF3N3O4S. The quantitative estimate of drug-likeness (QED) is 0.368. The van der Waals surface area contributed by atoms with Crippen molar-refractivity contribution < 1.29 is 26.5 Å². The number of hydrogen-bond donors (Lipinski definition) is 2. The van der Waals surface area contributed by atoms with E-state index in [2.05, 4.69) is 10.0 Å². The number of benzene rings is 2. The van der Waals surface area contributed by atoms with Gasteiger partial charge in [-0.1, -0.05) is 11.6 Å². The third-order valence-electron chi connectivity index (χ3n) is 3.60. The minimum atomic E-state index is -4.77. The first-order valence-corrected chi connectivity index (χ1v) is 9.71. The number of sulfonamides is 1. The van der Waals surface area contributed by atoms with Crippen LogP contribution in [0.2, 0.25) is 5.02 Å². The third kappa shape index (κ3) is 5.81. The van der Waals surface area contributed by atoms with Gasteiger partial charge < -0.3 is 5.32 Å². The van der Waals surface area contributed by atoms with E-state index >= 15 is 0 Å². The predicted molar refractivity (Wildman–Crippen MR) is 97.8 cm³/mol. The molecule has 0 aliphatic carbocycles. The van der Waals surface area contributed by atoms with Gasteiger partial charge in [-0.25, -0.2) is 13.1 Å². The van der Waals surface area contributed by atoms with Gasteiger partial charge in [0.15, 0.2) is 0 Å². The van der Waals surface area contributed by atoms with E-state index in [4.69, 9.17) is 11.6 Å². The number of nitro groups is 1. The molecule has 7 nitrogen and oxygen atoms in total. The summed E-state index contributed by atoms with van der Waals surface area (Å²) >= 11 is 5.70. The van der Waals surface area contributed by atoms with Gasteiger partial charge in [-0.15, -0.1) is 0 Å². The van der Waals surface area contributed by atoms with Gasteiger partial charge in [-0.3, -0.25) is 10.1 Å². The average molecular weight is 438 g/mol. The van der Waals surface area contributed by atoms with Crippen LogP contribution in [0.25, 0.3) is 0 Å². The number of rotatable bonds is 8. The molecule has 0 aliphatic heterocycles. The Labute approximate surface area is 163 Å². The second-order valence-electron chi connectivity index (χ2n) is 5.62. The number of anilines is 1. The highest BCUT2D eigenvalue weighted by Crippen LogP contribution is 2.37. The van der Waals surface area contributed by atoms with E-state index in [1.165, 1.54) is 24.3 Å². The van der Waals surface area contributed by atoms with E-state index in [0.717, 1.165) is 12.1 Å². The maximum Gasteiger partial charge on any atom is 0.418 e. The number of nitrogens with zero attached hydrogens (tertiary/aromatic N) is 1. The molecule has 0 fully saturated rings. The van der Waals surface area contributed by atoms with Crippen LogP contribution in [0, 0.1) is 10.1 Å². The molecule has 0 saturated heterocycles. The van der Waals surface area contributed by atoms with Gasteiger partial charge in [0.05, 0.1) is 15.4 Å². The number of non-ortho nitro benzene ring substituents is 1. The van der Waals surface area contributed by atoms with Crippen molar-refractivity contribution in [3.8, 4) is 0 Å². The van der Waals surface area contributed by atoms with Crippen molar-refractivity contribution in [2.75, 3.05) is 18.4 Å². The summed E-state index contributed by atoms with van der Waals surface area (Å²) in [5, 5.41) is 13.6. The molecule has 0 bridgehead atoms. The highest BCUT2D eigenvalue weighted by atomic mass is 35.5. The zero-order chi connectivity index (χ0) is 20.9. The Morgan fingerprint density at radius 2 is 1.71 bits per heavy atom. The summed E-state index contributed by atoms with van der Waals surface area (Å²) in [5.41, 5.74) is -2.16. The Hall–Kier alpha value is -2.37. The first-order valence-electron chi connectivity index (χ1n) is 7.85. The van der Waals surface area contributed by atoms with Gasteiger partial charge in [0, 0.05) is 35.9 Å². The van der Waals surface area contributed by atoms with Crippen LogP contribution in [0.4, 0.5) is 24.5 Å². The van der Waals surface area contributed by atoms with Crippen molar-refractivity contribution in [1.82, 2.24) is 4.72 Å². The van der Waals surface area contributed by atoms with Gasteiger partial charge in [-0.2, -0.15) is 13.2 Å². The lowest BCUT2D eigenvalue weighted by atomic mass is 10.1. The normalized spacial score (nSPS) is 12.0. The summed E-state index contributed by atoms with van der Waals surface area (Å²) in [7, 11) is -3.76. The Morgan fingerprint density at radius 3 is 2.29 bits per heavy atom. The SMILES string of the molecule is O=[N+]([O-])c1ccc(NCCCNS(=O)(=O)c2ccc(Cl)cc2)c(C(F)(F)F)c1. The van der Waals surface area contributed by atoms with E-state index in [1.54, 1.807) is 0 Å². The van der Waals surface area contributed by atoms with Gasteiger partial charge in [0.2, 0.25) is 10.0 Å². The van der Waals surface area contributed by atoms with E-state index in [-0.39, 0.29) is 30.1 Å². The van der Waals surface area contributed by atoms with E-state index in [0.29, 0.717) is 11.1 Å². The second-order valence-corrected chi connectivity index (χ2v) is 7.82. The monoisotopic (exact) mass is 437 g/mol. The van der Waals surface area contributed by atoms with Crippen LogP contribution in [0.3, 0.4) is 0 Å². The lowest BCUT2D eigenvalue weighted by molar-refractivity contribution is -0.385. The van der Waals surface area contributed by atoms with Crippen LogP contribution in [0.15, 0.2) is 47.4 Å². The second kappa shape index (κ2) is 8.76. The van der Waals surface area contributed by atoms with Gasteiger partial charge in [0.1, 0.15) is 0 Å². The number of nitro benzene ring substituents is 1. The zero-order valence-electron chi connectivity index (χ0n) is 14.2. The molecule has 152 valence electrons. The van der Waals surface area contributed by atoms with Crippen LogP contribution >= 0.6 is 11.6 Å². The number of hydrogen-bond acceptors (Lipinski definition) is 5. The zero-order valence-corrected chi connectivity index (χ0v) is 15.7. The molecule has 0 heterocycles. The fourth-order valence-corrected chi connectivity index (χ4v) is 3.45. The van der Waals surface area contributed by atoms with Crippen molar-refractivity contribution >= 4 is 33.0 Å². The first kappa shape index (κ1) is 21.9. The Bertz CT molecular complexity index is 951. The fraction of sp³-hybridized carbons (Fsp3) is 0.250. The molecule has 0 saturated carbocycles. The molecule has 0 radical (unpaired) electrons. The number of alkyl halides is 3. The molecule has 0 amide bonds. The van der Waals surface area contributed by atoms with Gasteiger partial charge in [-0.05, 0) is 36.8 Å². The summed E-state index contributed by atoms with van der Waals surface area (Å²) in [4.78, 5) is 9.77. The first-order chi connectivity index (χ1) is 13.0. The van der Waals surface area contributed by atoms with Crippen molar-refractivity contribution in [3.63, 3.8) is 0 Å². The van der Waals surface area contributed by atoms with E-state index in [9.17, 15) is 31.7 Å². The molecule has 0 aromatic heterocycles. The van der Waals surface area contributed by atoms with Crippen molar-refractivity contribution in [2.24, 2.45) is 0 Å². The van der Waals surface area contributed by atoms with Crippen LogP contribution in [-0.4, -0.2) is 26.4 Å². The van der Waals surface area contributed by atoms with Crippen LogP contribution in [-0.2, 0) is 16.2 Å². The van der Waals surface area contributed by atoms with Crippen molar-refractivity contribution in [1.29, 1.82) is 0 Å². The maximum atomic E-state index is 13.1. The molecular weight excluding hydrogens is 423 g/mol. The van der Waals surface area contributed by atoms with Crippen LogP contribution in [0.5, 0.6) is 0 Å². The Balaban J connectivity index is 1.95. The van der Waals surface area contributed by atoms with Crippen molar-refractivity contribution in [3.05, 3.63) is 63.2 Å². The van der Waals surface area contributed by atoms with E-state index < -0.39 is 32.4 Å². The standard InChI is InChI=1S/C16H15ClF3N3O4S/c17-11-2-5-13(6-3-11)28(26,27)22-9-1-8-21-15-7-4-12(23(24)25)10-14(15)16(18,19)20/h2-7,10,21-22H,1,8-9H2. The number of nitrogens with one attached hydrogen (secondary N) is 2. The third-order valence-corrected chi connectivity index (χ3v) is 5.33. The number of halogens is 4. The minimum Gasteiger partial charge on any atom is -0.384 e. The fourth-order valence-electron chi connectivity index (χ4n) is 2.25. The van der Waals surface area contributed by atoms with Gasteiger partial charge >= 0.3 is 6.18 Å². The molecule has 2 N–H and O–H groups in total. The summed E-state index contributed by atoms with van der Waals surface area (Å²) in [6.07, 6.45) is -4.59. The smallest absolute Gasteiger partial charge is 0.384 e. The predicted octanol–water partition coefficient (Wildman–Crippen LogP) is 4.05. The molecule has 12 heteroatoms. The van der Waals surface area contributed by atoms with Crippen LogP contribution < -0.4 is 10.0 Å². The van der Waals surface area contributed by atoms with E-state index in [1.807, 2.05) is 0 Å². The Morgan fingerprint density at radius 1 is 1.07 bits per heavy atom. The molecule has 0 unspecified atom stereocenters. The topological polar surface area (TPSA) is 101 Å². The summed E-state index contributed by atoms with van der Waals surface area (Å²) in [6, 6.07) is 7.88. The lowest BCUT2D eigenvalue weighted by Gasteiger charge is -2.14. The lowest BCUT2D eigenvalue weighted by Crippen LogP contribution is -2.26. The summed E-state index contributed by atoms with van der Waals surface area (Å²) in [5.74, 6) is 0. The van der Waals surface area contributed by atoms with Crippen LogP contribution in [0.1, 0.15) is 12.0 Å². The maximum absolute atomic E-state index is 13.1. The largest absolute Gasteiger partial charge is 0.418 e. The Kier molecular flexibility index (Phi) is 6.86. The highest BCUT2D eigenvalue weighted by molar-refractivity contribution is 7.89. The van der Waals surface area contributed by atoms with Crippen molar-refractivity contribution in [2.45, 2.75) is 17.5 Å². The van der Waals surface area contributed by atoms with Gasteiger partial charge in [0.25, 0.3) is 5.69 Å². The molecule has 28 heavy (non-hydrogen) atoms. The molecule has 0 atom stereocenters. The molecule has 0 spiro atoms. The highest BCUT2D eigenvalue weighted by Gasteiger charge is 2.35. The summed E-state index contributed by atoms with van der Waals surface area (Å²) < 4.78 is 65.7. The molecule has 0 aliphatic rings. The molecule has 2 aromatic carbocycles. The molecule has 2 aromatic rings. The molecule has 2 rings (SSSR count).